The van der Waals surface area contributed by atoms with Crippen molar-refractivity contribution < 1.29 is 9.47 Å². The smallest absolute Gasteiger partial charge is 0.122 e. The molecule has 0 heterocycles. The highest BCUT2D eigenvalue weighted by molar-refractivity contribution is 5.35. The second-order valence-electron chi connectivity index (χ2n) is 3.82. The Kier molecular flexibility index (Phi) is 5.19. The number of rotatable bonds is 6. The third-order valence-electron chi connectivity index (χ3n) is 2.34. The van der Waals surface area contributed by atoms with Gasteiger partial charge in [-0.2, -0.15) is 0 Å². The third-order valence-corrected chi connectivity index (χ3v) is 2.34. The van der Waals surface area contributed by atoms with Crippen LogP contribution in [0.2, 0.25) is 0 Å². The second-order valence-corrected chi connectivity index (χ2v) is 3.82. The lowest BCUT2D eigenvalue weighted by Crippen LogP contribution is -2.00. The molecule has 1 aromatic carbocycles. The zero-order chi connectivity index (χ0) is 11.1. The standard InChI is InChI=1S/C13H20O2/c1-11-6-7-12(2)13(10-11)15-9-5-4-8-14-3/h6-7,10H,4-5,8-9H2,1-3H3. The SMILES string of the molecule is COCCCCOc1cc(C)ccc1C. The summed E-state index contributed by atoms with van der Waals surface area (Å²) in [6, 6.07) is 6.29. The largest absolute Gasteiger partial charge is 0.493 e. The van der Waals surface area contributed by atoms with Gasteiger partial charge in [0.2, 0.25) is 0 Å². The average molecular weight is 208 g/mol. The summed E-state index contributed by atoms with van der Waals surface area (Å²) in [7, 11) is 1.73. The van der Waals surface area contributed by atoms with Crippen molar-refractivity contribution >= 4 is 0 Å². The molecule has 1 rings (SSSR count). The van der Waals surface area contributed by atoms with Gasteiger partial charge in [-0.05, 0) is 43.9 Å². The van der Waals surface area contributed by atoms with Crippen molar-refractivity contribution in [3.8, 4) is 5.75 Å². The van der Waals surface area contributed by atoms with Crippen LogP contribution in [0.4, 0.5) is 0 Å². The van der Waals surface area contributed by atoms with Crippen LogP contribution in [0.1, 0.15) is 24.0 Å². The molecule has 0 aliphatic rings. The first-order valence-electron chi connectivity index (χ1n) is 5.43. The summed E-state index contributed by atoms with van der Waals surface area (Å²) < 4.78 is 10.7. The number of benzene rings is 1. The fraction of sp³-hybridized carbons (Fsp3) is 0.538. The lowest BCUT2D eigenvalue weighted by atomic mass is 10.1. The van der Waals surface area contributed by atoms with E-state index in [2.05, 4.69) is 32.0 Å². The molecule has 0 aliphatic heterocycles. The maximum atomic E-state index is 5.71. The molecule has 0 aromatic heterocycles. The number of hydrogen-bond donors (Lipinski definition) is 0. The fourth-order valence-electron chi connectivity index (χ4n) is 1.39. The van der Waals surface area contributed by atoms with Gasteiger partial charge in [-0.3, -0.25) is 0 Å². The van der Waals surface area contributed by atoms with Gasteiger partial charge in [0.1, 0.15) is 5.75 Å². The van der Waals surface area contributed by atoms with Crippen LogP contribution in [-0.4, -0.2) is 20.3 Å². The van der Waals surface area contributed by atoms with E-state index in [0.717, 1.165) is 31.8 Å². The molecule has 0 fully saturated rings. The van der Waals surface area contributed by atoms with Crippen LogP contribution in [0.3, 0.4) is 0 Å². The molecule has 1 aromatic rings. The quantitative estimate of drug-likeness (QED) is 0.669. The first-order chi connectivity index (χ1) is 7.24. The van der Waals surface area contributed by atoms with E-state index in [4.69, 9.17) is 9.47 Å². The Labute approximate surface area is 92.2 Å². The average Bonchev–Trinajstić information content (AvgIpc) is 2.23. The zero-order valence-corrected chi connectivity index (χ0v) is 9.88. The van der Waals surface area contributed by atoms with E-state index < -0.39 is 0 Å². The van der Waals surface area contributed by atoms with Crippen molar-refractivity contribution in [2.75, 3.05) is 20.3 Å². The number of aryl methyl sites for hydroxylation is 2. The van der Waals surface area contributed by atoms with Crippen LogP contribution >= 0.6 is 0 Å². The normalized spacial score (nSPS) is 10.3. The molecule has 0 aliphatic carbocycles. The Morgan fingerprint density at radius 1 is 1.07 bits per heavy atom. The van der Waals surface area contributed by atoms with Crippen LogP contribution < -0.4 is 4.74 Å². The Hall–Kier alpha value is -1.02. The van der Waals surface area contributed by atoms with Crippen LogP contribution in [-0.2, 0) is 4.74 Å². The van der Waals surface area contributed by atoms with Crippen molar-refractivity contribution in [3.63, 3.8) is 0 Å². The Balaban J connectivity index is 2.33. The van der Waals surface area contributed by atoms with Crippen LogP contribution in [0.15, 0.2) is 18.2 Å². The first kappa shape index (κ1) is 12.1. The van der Waals surface area contributed by atoms with Crippen molar-refractivity contribution in [1.82, 2.24) is 0 Å². The van der Waals surface area contributed by atoms with Crippen molar-refractivity contribution in [2.45, 2.75) is 26.7 Å². The van der Waals surface area contributed by atoms with Crippen LogP contribution in [0.25, 0.3) is 0 Å². The molecule has 84 valence electrons. The van der Waals surface area contributed by atoms with Crippen LogP contribution in [0, 0.1) is 13.8 Å². The summed E-state index contributed by atoms with van der Waals surface area (Å²) in [5, 5.41) is 0. The van der Waals surface area contributed by atoms with Gasteiger partial charge in [-0.1, -0.05) is 12.1 Å². The van der Waals surface area contributed by atoms with Crippen LogP contribution in [0.5, 0.6) is 5.75 Å². The number of ether oxygens (including phenoxy) is 2. The fourth-order valence-corrected chi connectivity index (χ4v) is 1.39. The minimum absolute atomic E-state index is 0.771. The summed E-state index contributed by atoms with van der Waals surface area (Å²) >= 11 is 0. The van der Waals surface area contributed by atoms with Gasteiger partial charge in [-0.15, -0.1) is 0 Å². The second kappa shape index (κ2) is 6.46. The van der Waals surface area contributed by atoms with Crippen molar-refractivity contribution in [2.24, 2.45) is 0 Å². The molecule has 2 heteroatoms. The molecule has 0 spiro atoms. The highest BCUT2D eigenvalue weighted by Crippen LogP contribution is 2.19. The molecular weight excluding hydrogens is 188 g/mol. The molecule has 0 amide bonds. The Bertz CT molecular complexity index is 295. The number of methoxy groups -OCH3 is 1. The van der Waals surface area contributed by atoms with Gasteiger partial charge < -0.3 is 9.47 Å². The third kappa shape index (κ3) is 4.34. The monoisotopic (exact) mass is 208 g/mol. The molecule has 0 atom stereocenters. The molecule has 0 N–H and O–H groups in total. The van der Waals surface area contributed by atoms with Gasteiger partial charge in [0.25, 0.3) is 0 Å². The van der Waals surface area contributed by atoms with Gasteiger partial charge in [0.05, 0.1) is 6.61 Å². The zero-order valence-electron chi connectivity index (χ0n) is 9.88. The van der Waals surface area contributed by atoms with E-state index in [1.54, 1.807) is 7.11 Å². The minimum atomic E-state index is 0.771. The van der Waals surface area contributed by atoms with Gasteiger partial charge in [0.15, 0.2) is 0 Å². The topological polar surface area (TPSA) is 18.5 Å². The van der Waals surface area contributed by atoms with Gasteiger partial charge in [-0.25, -0.2) is 0 Å². The Morgan fingerprint density at radius 3 is 2.53 bits per heavy atom. The van der Waals surface area contributed by atoms with E-state index in [-0.39, 0.29) is 0 Å². The van der Waals surface area contributed by atoms with Crippen molar-refractivity contribution in [1.29, 1.82) is 0 Å². The maximum absolute atomic E-state index is 5.71. The lowest BCUT2D eigenvalue weighted by molar-refractivity contribution is 0.184. The lowest BCUT2D eigenvalue weighted by Gasteiger charge is -2.09. The first-order valence-corrected chi connectivity index (χ1v) is 5.43. The molecule has 0 radical (unpaired) electrons. The summed E-state index contributed by atoms with van der Waals surface area (Å²) in [5.74, 6) is 1.01. The molecule has 0 saturated heterocycles. The molecule has 0 bridgehead atoms. The molecule has 0 saturated carbocycles. The predicted molar refractivity (Wildman–Crippen MR) is 62.5 cm³/mol. The van der Waals surface area contributed by atoms with Gasteiger partial charge in [0, 0.05) is 13.7 Å². The van der Waals surface area contributed by atoms with E-state index in [0.29, 0.717) is 0 Å². The molecule has 15 heavy (non-hydrogen) atoms. The molecule has 2 nitrogen and oxygen atoms in total. The summed E-state index contributed by atoms with van der Waals surface area (Å²) in [6.07, 6.45) is 2.10. The van der Waals surface area contributed by atoms with Crippen molar-refractivity contribution in [3.05, 3.63) is 29.3 Å². The number of unbranched alkanes of at least 4 members (excludes halogenated alkanes) is 1. The minimum Gasteiger partial charge on any atom is -0.493 e. The highest BCUT2D eigenvalue weighted by atomic mass is 16.5. The number of hydrogen-bond acceptors (Lipinski definition) is 2. The molecule has 0 unspecified atom stereocenters. The van der Waals surface area contributed by atoms with E-state index in [9.17, 15) is 0 Å². The van der Waals surface area contributed by atoms with E-state index in [1.807, 2.05) is 0 Å². The summed E-state index contributed by atoms with van der Waals surface area (Å²) in [6.45, 7) is 5.74. The Morgan fingerprint density at radius 2 is 1.80 bits per heavy atom. The summed E-state index contributed by atoms with van der Waals surface area (Å²) in [5.41, 5.74) is 2.44. The predicted octanol–water partition coefficient (Wildman–Crippen LogP) is 3.11. The molecular formula is C13H20O2. The maximum Gasteiger partial charge on any atom is 0.122 e. The van der Waals surface area contributed by atoms with E-state index >= 15 is 0 Å². The summed E-state index contributed by atoms with van der Waals surface area (Å²) in [4.78, 5) is 0. The van der Waals surface area contributed by atoms with Gasteiger partial charge >= 0.3 is 0 Å². The van der Waals surface area contributed by atoms with E-state index in [1.165, 1.54) is 11.1 Å². The highest BCUT2D eigenvalue weighted by Gasteiger charge is 1.99.